The molecule has 0 fully saturated rings. The van der Waals surface area contributed by atoms with Gasteiger partial charge in [-0.25, -0.2) is 9.78 Å². The molecule has 1 atom stereocenters. The van der Waals surface area contributed by atoms with Crippen LogP contribution in [0.3, 0.4) is 0 Å². The number of amides is 1. The number of nitrogens with zero attached hydrogens (tertiary/aromatic N) is 3. The number of halogens is 1. The summed E-state index contributed by atoms with van der Waals surface area (Å²) in [4.78, 5) is 32.5. The minimum atomic E-state index is -0.971. The number of benzene rings is 1. The molecule has 1 aromatic carbocycles. The first-order valence-electron chi connectivity index (χ1n) is 7.55. The molecule has 6 nitrogen and oxygen atoms in total. The maximum Gasteiger partial charge on any atom is 0.326 e. The number of aliphatic carboxylic acids is 1. The van der Waals surface area contributed by atoms with Crippen LogP contribution < -0.4 is 4.80 Å². The van der Waals surface area contributed by atoms with Gasteiger partial charge in [-0.3, -0.25) is 4.79 Å². The van der Waals surface area contributed by atoms with E-state index in [1.807, 2.05) is 24.3 Å². The summed E-state index contributed by atoms with van der Waals surface area (Å²) in [6.45, 7) is 1.78. The molecule has 128 valence electrons. The third kappa shape index (κ3) is 3.47. The number of carbonyl (C=O) groups is 2. The fraction of sp³-hybridized carbons (Fsp3) is 0.176. The van der Waals surface area contributed by atoms with Crippen LogP contribution in [-0.2, 0) is 4.79 Å². The Kier molecular flexibility index (Phi) is 4.96. The number of fused-ring (bicyclic) bond motifs is 1. The Balaban J connectivity index is 2.21. The average Bonchev–Trinajstić information content (AvgIpc) is 2.93. The lowest BCUT2D eigenvalue weighted by Gasteiger charge is -2.13. The maximum absolute atomic E-state index is 12.4. The van der Waals surface area contributed by atoms with Crippen molar-refractivity contribution < 1.29 is 14.7 Å². The summed E-state index contributed by atoms with van der Waals surface area (Å²) in [5, 5.41) is 9.74. The second-order valence-corrected chi connectivity index (χ2v) is 6.64. The summed E-state index contributed by atoms with van der Waals surface area (Å²) in [7, 11) is 0. The van der Waals surface area contributed by atoms with E-state index >= 15 is 0 Å². The summed E-state index contributed by atoms with van der Waals surface area (Å²) in [5.74, 6) is -1.54. The summed E-state index contributed by atoms with van der Waals surface area (Å²) in [6.07, 6.45) is 0.368. The fourth-order valence-corrected chi connectivity index (χ4v) is 3.74. The summed E-state index contributed by atoms with van der Waals surface area (Å²) in [6, 6.07) is 11.3. The number of carboxylic acids is 1. The van der Waals surface area contributed by atoms with Gasteiger partial charge in [0, 0.05) is 0 Å². The van der Waals surface area contributed by atoms with Crippen LogP contribution in [0.15, 0.2) is 47.5 Å². The third-order valence-corrected chi connectivity index (χ3v) is 4.89. The number of carbonyl (C=O) groups excluding carboxylic acids is 1. The van der Waals surface area contributed by atoms with Crippen molar-refractivity contribution in [3.63, 3.8) is 0 Å². The Morgan fingerprint density at radius 2 is 2.04 bits per heavy atom. The van der Waals surface area contributed by atoms with E-state index in [0.717, 1.165) is 10.2 Å². The number of rotatable bonds is 4. The van der Waals surface area contributed by atoms with Gasteiger partial charge in [0.2, 0.25) is 0 Å². The van der Waals surface area contributed by atoms with Gasteiger partial charge in [0.15, 0.2) is 4.80 Å². The highest BCUT2D eigenvalue weighted by Crippen LogP contribution is 2.22. The topological polar surface area (TPSA) is 84.5 Å². The number of hydrogen-bond donors (Lipinski definition) is 1. The van der Waals surface area contributed by atoms with Crippen LogP contribution in [0, 0.1) is 0 Å². The van der Waals surface area contributed by atoms with Crippen LogP contribution in [0.5, 0.6) is 0 Å². The molecule has 0 radical (unpaired) electrons. The number of hydrogen-bond acceptors (Lipinski definition) is 4. The normalized spacial score (nSPS) is 13.1. The lowest BCUT2D eigenvalue weighted by atomic mass is 10.2. The SMILES string of the molecule is CCC(C(=O)O)n1c(=NC(=O)c2cccc(Cl)n2)sc2ccccc21. The number of aromatic nitrogens is 2. The zero-order valence-electron chi connectivity index (χ0n) is 13.2. The molecule has 0 spiro atoms. The van der Waals surface area contributed by atoms with Crippen molar-refractivity contribution >= 4 is 45.0 Å². The van der Waals surface area contributed by atoms with E-state index < -0.39 is 17.9 Å². The predicted octanol–water partition coefficient (Wildman–Crippen LogP) is 3.53. The lowest BCUT2D eigenvalue weighted by molar-refractivity contribution is -0.140. The van der Waals surface area contributed by atoms with Crippen molar-refractivity contribution in [3.05, 3.63) is 58.1 Å². The Labute approximate surface area is 152 Å². The monoisotopic (exact) mass is 375 g/mol. The Bertz CT molecular complexity index is 1030. The predicted molar refractivity (Wildman–Crippen MR) is 95.9 cm³/mol. The second kappa shape index (κ2) is 7.16. The van der Waals surface area contributed by atoms with Crippen LogP contribution in [0.2, 0.25) is 5.15 Å². The molecule has 0 aliphatic carbocycles. The van der Waals surface area contributed by atoms with Gasteiger partial charge < -0.3 is 9.67 Å². The Hall–Kier alpha value is -2.51. The Morgan fingerprint density at radius 3 is 2.72 bits per heavy atom. The molecule has 3 rings (SSSR count). The number of thiazole rings is 1. The van der Waals surface area contributed by atoms with E-state index in [-0.39, 0.29) is 10.8 Å². The molecule has 2 aromatic heterocycles. The zero-order valence-corrected chi connectivity index (χ0v) is 14.8. The van der Waals surface area contributed by atoms with Gasteiger partial charge in [-0.1, -0.05) is 48.1 Å². The van der Waals surface area contributed by atoms with Crippen molar-refractivity contribution in [2.45, 2.75) is 19.4 Å². The molecule has 3 aromatic rings. The first kappa shape index (κ1) is 17.3. The van der Waals surface area contributed by atoms with E-state index in [9.17, 15) is 14.7 Å². The molecule has 0 saturated carbocycles. The minimum absolute atomic E-state index is 0.111. The highest BCUT2D eigenvalue weighted by molar-refractivity contribution is 7.16. The van der Waals surface area contributed by atoms with Gasteiger partial charge in [0.25, 0.3) is 5.91 Å². The summed E-state index contributed by atoms with van der Waals surface area (Å²) < 4.78 is 2.44. The molecule has 1 N–H and O–H groups in total. The van der Waals surface area contributed by atoms with Gasteiger partial charge in [0.1, 0.15) is 16.9 Å². The molecule has 2 heterocycles. The first-order valence-corrected chi connectivity index (χ1v) is 8.75. The Morgan fingerprint density at radius 1 is 1.28 bits per heavy atom. The highest BCUT2D eigenvalue weighted by Gasteiger charge is 2.22. The molecule has 1 unspecified atom stereocenters. The van der Waals surface area contributed by atoms with Gasteiger partial charge in [-0.15, -0.1) is 0 Å². The van der Waals surface area contributed by atoms with E-state index in [1.54, 1.807) is 23.6 Å². The van der Waals surface area contributed by atoms with E-state index in [0.29, 0.717) is 11.2 Å². The van der Waals surface area contributed by atoms with Crippen molar-refractivity contribution in [2.75, 3.05) is 0 Å². The van der Waals surface area contributed by atoms with Crippen LogP contribution in [0.25, 0.3) is 10.2 Å². The van der Waals surface area contributed by atoms with Gasteiger partial charge >= 0.3 is 5.97 Å². The minimum Gasteiger partial charge on any atom is -0.480 e. The smallest absolute Gasteiger partial charge is 0.326 e. The molecule has 8 heteroatoms. The first-order chi connectivity index (χ1) is 12.0. The molecular formula is C17H14ClN3O3S. The van der Waals surface area contributed by atoms with Crippen LogP contribution in [-0.4, -0.2) is 26.5 Å². The molecule has 0 aliphatic rings. The number of pyridine rings is 1. The van der Waals surface area contributed by atoms with Crippen LogP contribution in [0.1, 0.15) is 29.9 Å². The summed E-state index contributed by atoms with van der Waals surface area (Å²) >= 11 is 7.08. The van der Waals surface area contributed by atoms with Crippen molar-refractivity contribution in [1.29, 1.82) is 0 Å². The van der Waals surface area contributed by atoms with Crippen molar-refractivity contribution in [2.24, 2.45) is 4.99 Å². The standard InChI is InChI=1S/C17H14ClN3O3S/c1-2-11(16(23)24)21-12-7-3-4-8-13(12)25-17(21)20-15(22)10-6-5-9-14(18)19-10/h3-9,11H,2H2,1H3,(H,23,24). The largest absolute Gasteiger partial charge is 0.480 e. The van der Waals surface area contributed by atoms with Crippen molar-refractivity contribution in [3.8, 4) is 0 Å². The fourth-order valence-electron chi connectivity index (χ4n) is 2.51. The molecule has 0 aliphatic heterocycles. The number of para-hydroxylation sites is 1. The van der Waals surface area contributed by atoms with Gasteiger partial charge in [-0.2, -0.15) is 4.99 Å². The van der Waals surface area contributed by atoms with Gasteiger partial charge in [0.05, 0.1) is 10.2 Å². The quantitative estimate of drug-likeness (QED) is 0.707. The van der Waals surface area contributed by atoms with Crippen LogP contribution >= 0.6 is 22.9 Å². The van der Waals surface area contributed by atoms with E-state index in [1.165, 1.54) is 17.4 Å². The highest BCUT2D eigenvalue weighted by atomic mass is 35.5. The molecule has 1 amide bonds. The summed E-state index contributed by atoms with van der Waals surface area (Å²) in [5.41, 5.74) is 0.840. The second-order valence-electron chi connectivity index (χ2n) is 5.25. The number of carboxylic acid groups (broad SMARTS) is 1. The van der Waals surface area contributed by atoms with Crippen molar-refractivity contribution in [1.82, 2.24) is 9.55 Å². The molecular weight excluding hydrogens is 362 g/mol. The molecule has 0 bridgehead atoms. The maximum atomic E-state index is 12.4. The van der Waals surface area contributed by atoms with E-state index in [2.05, 4.69) is 9.98 Å². The lowest BCUT2D eigenvalue weighted by Crippen LogP contribution is -2.27. The van der Waals surface area contributed by atoms with E-state index in [4.69, 9.17) is 11.6 Å². The third-order valence-electron chi connectivity index (χ3n) is 3.65. The van der Waals surface area contributed by atoms with Crippen LogP contribution in [0.4, 0.5) is 0 Å². The zero-order chi connectivity index (χ0) is 18.0. The van der Waals surface area contributed by atoms with Gasteiger partial charge in [-0.05, 0) is 30.7 Å². The average molecular weight is 376 g/mol. The molecule has 0 saturated heterocycles. The molecule has 25 heavy (non-hydrogen) atoms.